The molecule has 0 spiro atoms. The summed E-state index contributed by atoms with van der Waals surface area (Å²) in [6.07, 6.45) is 1.13. The maximum Gasteiger partial charge on any atom is 0.288 e. The quantitative estimate of drug-likeness (QED) is 0.547. The summed E-state index contributed by atoms with van der Waals surface area (Å²) in [6.45, 7) is 2.53. The third kappa shape index (κ3) is 3.09. The van der Waals surface area contributed by atoms with Gasteiger partial charge in [-0.1, -0.05) is 0 Å². The lowest BCUT2D eigenvalue weighted by Gasteiger charge is -2.40. The Kier molecular flexibility index (Phi) is 4.34. The highest BCUT2D eigenvalue weighted by atomic mass is 16.6. The molecule has 2 rings (SSSR count). The summed E-state index contributed by atoms with van der Waals surface area (Å²) in [4.78, 5) is 29.9. The van der Waals surface area contributed by atoms with Crippen LogP contribution in [-0.2, 0) is 0 Å². The van der Waals surface area contributed by atoms with Gasteiger partial charge < -0.3 is 21.3 Å². The Labute approximate surface area is 121 Å². The zero-order valence-corrected chi connectivity index (χ0v) is 11.7. The molecule has 1 aromatic rings. The predicted molar refractivity (Wildman–Crippen MR) is 77.1 cm³/mol. The van der Waals surface area contributed by atoms with Gasteiger partial charge in [-0.05, 0) is 7.05 Å². The molecule has 1 aliphatic heterocycles. The zero-order valence-electron chi connectivity index (χ0n) is 11.7. The minimum atomic E-state index is -0.740. The van der Waals surface area contributed by atoms with Crippen molar-refractivity contribution >= 4 is 17.4 Å². The molecule has 9 heteroatoms. The Morgan fingerprint density at radius 1 is 1.57 bits per heavy atom. The summed E-state index contributed by atoms with van der Waals surface area (Å²) in [5.74, 6) is -0.382. The van der Waals surface area contributed by atoms with Crippen LogP contribution in [0.5, 0.6) is 0 Å². The normalized spacial score (nSPS) is 19.5. The molecule has 0 bridgehead atoms. The average molecular weight is 294 g/mol. The number of nitrogens with two attached hydrogens (primary N) is 2. The number of carbonyl (C=O) groups is 1. The summed E-state index contributed by atoms with van der Waals surface area (Å²) in [5, 5.41) is 10.8. The molecule has 1 amide bonds. The van der Waals surface area contributed by atoms with E-state index in [1.807, 2.05) is 11.9 Å². The average Bonchev–Trinajstić information content (AvgIpc) is 2.46. The molecule has 0 aromatic carbocycles. The third-order valence-corrected chi connectivity index (χ3v) is 3.56. The number of primary amides is 1. The van der Waals surface area contributed by atoms with Crippen molar-refractivity contribution in [1.82, 2.24) is 9.88 Å². The van der Waals surface area contributed by atoms with E-state index >= 15 is 0 Å². The van der Waals surface area contributed by atoms with Gasteiger partial charge in [-0.15, -0.1) is 0 Å². The Hall–Kier alpha value is -2.26. The highest BCUT2D eigenvalue weighted by molar-refractivity contribution is 5.98. The van der Waals surface area contributed by atoms with Gasteiger partial charge in [0.05, 0.1) is 16.5 Å². The number of rotatable bonds is 4. The molecule has 2 heterocycles. The van der Waals surface area contributed by atoms with Gasteiger partial charge in [-0.2, -0.15) is 0 Å². The lowest BCUT2D eigenvalue weighted by Crippen LogP contribution is -2.55. The number of hydrogen-bond donors (Lipinski definition) is 2. The number of likely N-dealkylation sites (N-methyl/N-ethyl adjacent to an activating group) is 1. The Morgan fingerprint density at radius 2 is 2.29 bits per heavy atom. The zero-order chi connectivity index (χ0) is 15.6. The molecule has 114 valence electrons. The Bertz CT molecular complexity index is 564. The number of anilines is 1. The van der Waals surface area contributed by atoms with E-state index in [1.54, 1.807) is 0 Å². The molecule has 1 atom stereocenters. The van der Waals surface area contributed by atoms with Crippen molar-refractivity contribution < 1.29 is 9.72 Å². The molecule has 1 aromatic heterocycles. The topological polar surface area (TPSA) is 132 Å². The SMILES string of the molecule is CN1CCN(c2ncc([N+](=O)[O-])cc2C(N)=O)C(CN)C1. The van der Waals surface area contributed by atoms with E-state index in [2.05, 4.69) is 9.88 Å². The first-order valence-electron chi connectivity index (χ1n) is 6.53. The molecule has 1 aliphatic rings. The number of piperazine rings is 1. The fourth-order valence-corrected chi connectivity index (χ4v) is 2.45. The number of nitrogens with zero attached hydrogens (tertiary/aromatic N) is 4. The molecule has 0 saturated carbocycles. The second-order valence-electron chi connectivity index (χ2n) is 5.03. The third-order valence-electron chi connectivity index (χ3n) is 3.56. The van der Waals surface area contributed by atoms with Crippen molar-refractivity contribution in [2.24, 2.45) is 11.5 Å². The van der Waals surface area contributed by atoms with Crippen LogP contribution in [0.15, 0.2) is 12.3 Å². The minimum Gasteiger partial charge on any atom is -0.365 e. The van der Waals surface area contributed by atoms with Crippen molar-refractivity contribution in [2.45, 2.75) is 6.04 Å². The maximum atomic E-state index is 11.6. The number of hydrogen-bond acceptors (Lipinski definition) is 7. The smallest absolute Gasteiger partial charge is 0.288 e. The van der Waals surface area contributed by atoms with Gasteiger partial charge in [0, 0.05) is 32.2 Å². The first-order valence-corrected chi connectivity index (χ1v) is 6.53. The summed E-state index contributed by atoms with van der Waals surface area (Å²) < 4.78 is 0. The maximum absolute atomic E-state index is 11.6. The van der Waals surface area contributed by atoms with E-state index in [4.69, 9.17) is 11.5 Å². The van der Waals surface area contributed by atoms with E-state index in [9.17, 15) is 14.9 Å². The summed E-state index contributed by atoms with van der Waals surface area (Å²) >= 11 is 0. The lowest BCUT2D eigenvalue weighted by molar-refractivity contribution is -0.385. The molecule has 1 unspecified atom stereocenters. The molecular weight excluding hydrogens is 276 g/mol. The van der Waals surface area contributed by atoms with Crippen molar-refractivity contribution in [2.75, 3.05) is 38.1 Å². The van der Waals surface area contributed by atoms with Crippen LogP contribution in [0.2, 0.25) is 0 Å². The second kappa shape index (κ2) is 6.02. The van der Waals surface area contributed by atoms with E-state index < -0.39 is 10.8 Å². The summed E-state index contributed by atoms with van der Waals surface area (Å²) in [5.41, 5.74) is 10.9. The Morgan fingerprint density at radius 3 is 2.86 bits per heavy atom. The number of nitro groups is 1. The largest absolute Gasteiger partial charge is 0.365 e. The molecule has 9 nitrogen and oxygen atoms in total. The number of amides is 1. The molecule has 21 heavy (non-hydrogen) atoms. The molecule has 1 saturated heterocycles. The second-order valence-corrected chi connectivity index (χ2v) is 5.03. The summed E-state index contributed by atoms with van der Waals surface area (Å²) in [7, 11) is 1.98. The van der Waals surface area contributed by atoms with Gasteiger partial charge in [0.2, 0.25) is 0 Å². The molecule has 0 aliphatic carbocycles. The van der Waals surface area contributed by atoms with Gasteiger partial charge in [-0.25, -0.2) is 4.98 Å². The summed E-state index contributed by atoms with van der Waals surface area (Å²) in [6, 6.07) is 1.15. The van der Waals surface area contributed by atoms with Crippen LogP contribution in [0.3, 0.4) is 0 Å². The van der Waals surface area contributed by atoms with Crippen LogP contribution < -0.4 is 16.4 Å². The van der Waals surface area contributed by atoms with E-state index in [-0.39, 0.29) is 17.3 Å². The fourth-order valence-electron chi connectivity index (χ4n) is 2.45. The first kappa shape index (κ1) is 15.1. The Balaban J connectivity index is 2.42. The highest BCUT2D eigenvalue weighted by Gasteiger charge is 2.29. The molecule has 1 fully saturated rings. The first-order chi connectivity index (χ1) is 9.93. The van der Waals surface area contributed by atoms with Crippen LogP contribution in [0.4, 0.5) is 11.5 Å². The molecular formula is C12H18N6O3. The van der Waals surface area contributed by atoms with Gasteiger partial charge in [-0.3, -0.25) is 14.9 Å². The van der Waals surface area contributed by atoms with Crippen molar-refractivity contribution in [3.63, 3.8) is 0 Å². The predicted octanol–water partition coefficient (Wildman–Crippen LogP) is -0.832. The standard InChI is InChI=1S/C12H18N6O3/c1-16-2-3-17(9(5-13)7-16)12-10(11(14)19)4-8(6-15-12)18(20)21/h4,6,9H,2-3,5,7,13H2,1H3,(H2,14,19). The van der Waals surface area contributed by atoms with Crippen molar-refractivity contribution in [3.8, 4) is 0 Å². The van der Waals surface area contributed by atoms with Gasteiger partial charge in [0.25, 0.3) is 11.6 Å². The van der Waals surface area contributed by atoms with Gasteiger partial charge in [0.1, 0.15) is 12.0 Å². The van der Waals surface area contributed by atoms with Gasteiger partial charge in [0.15, 0.2) is 0 Å². The minimum absolute atomic E-state index is 0.0178. The molecule has 4 N–H and O–H groups in total. The monoisotopic (exact) mass is 294 g/mol. The van der Waals surface area contributed by atoms with Crippen LogP contribution >= 0.6 is 0 Å². The van der Waals surface area contributed by atoms with E-state index in [0.29, 0.717) is 18.9 Å². The van der Waals surface area contributed by atoms with Crippen LogP contribution in [-0.4, -0.2) is 60.0 Å². The van der Waals surface area contributed by atoms with Crippen LogP contribution in [0, 0.1) is 10.1 Å². The van der Waals surface area contributed by atoms with Crippen molar-refractivity contribution in [3.05, 3.63) is 27.9 Å². The molecule has 0 radical (unpaired) electrons. The highest BCUT2D eigenvalue weighted by Crippen LogP contribution is 2.25. The van der Waals surface area contributed by atoms with Crippen LogP contribution in [0.1, 0.15) is 10.4 Å². The van der Waals surface area contributed by atoms with Crippen LogP contribution in [0.25, 0.3) is 0 Å². The number of carbonyl (C=O) groups excluding carboxylic acids is 1. The fraction of sp³-hybridized carbons (Fsp3) is 0.500. The number of aromatic nitrogens is 1. The number of pyridine rings is 1. The van der Waals surface area contributed by atoms with Crippen molar-refractivity contribution in [1.29, 1.82) is 0 Å². The van der Waals surface area contributed by atoms with E-state index in [1.165, 1.54) is 0 Å². The van der Waals surface area contributed by atoms with Gasteiger partial charge >= 0.3 is 0 Å². The van der Waals surface area contributed by atoms with E-state index in [0.717, 1.165) is 25.4 Å². The lowest BCUT2D eigenvalue weighted by atomic mass is 10.1.